The van der Waals surface area contributed by atoms with E-state index in [1.807, 2.05) is 0 Å². The molecule has 1 atom stereocenters. The molecule has 0 aliphatic carbocycles. The molecule has 1 unspecified atom stereocenters. The molecule has 0 saturated carbocycles. The second kappa shape index (κ2) is 7.55. The van der Waals surface area contributed by atoms with Gasteiger partial charge in [-0.3, -0.25) is 4.79 Å². The molecule has 0 fully saturated rings. The van der Waals surface area contributed by atoms with Crippen LogP contribution in [0.4, 0.5) is 11.5 Å². The fourth-order valence-corrected chi connectivity index (χ4v) is 3.29. The summed E-state index contributed by atoms with van der Waals surface area (Å²) in [6.45, 7) is 10.7. The number of aromatic hydroxyl groups is 1. The van der Waals surface area contributed by atoms with Gasteiger partial charge in [0.25, 0.3) is 5.82 Å². The third-order valence-electron chi connectivity index (χ3n) is 3.93. The molecule has 2 aromatic heterocycles. The SMILES string of the molecule is [C-]#[N+]c1ncc2[nH]c(SC(C)C(=O)Nc3ccc(OC)c(O)c3)nc2c1C. The summed E-state index contributed by atoms with van der Waals surface area (Å²) >= 11 is 1.26. The summed E-state index contributed by atoms with van der Waals surface area (Å²) in [5.74, 6) is 0.365. The summed E-state index contributed by atoms with van der Waals surface area (Å²) in [5, 5.41) is 12.7. The smallest absolute Gasteiger partial charge is 0.274 e. The van der Waals surface area contributed by atoms with Gasteiger partial charge in [0, 0.05) is 17.3 Å². The highest BCUT2D eigenvalue weighted by Crippen LogP contribution is 2.30. The number of pyridine rings is 1. The lowest BCUT2D eigenvalue weighted by atomic mass is 10.2. The van der Waals surface area contributed by atoms with Crippen LogP contribution in [0.5, 0.6) is 11.5 Å². The van der Waals surface area contributed by atoms with Crippen LogP contribution in [0, 0.1) is 13.5 Å². The maximum Gasteiger partial charge on any atom is 0.274 e. The van der Waals surface area contributed by atoms with E-state index < -0.39 is 5.25 Å². The predicted molar refractivity (Wildman–Crippen MR) is 103 cm³/mol. The number of anilines is 1. The molecule has 0 radical (unpaired) electrons. The average Bonchev–Trinajstić information content (AvgIpc) is 3.05. The Morgan fingerprint density at radius 2 is 2.26 bits per heavy atom. The van der Waals surface area contributed by atoms with Gasteiger partial charge in [-0.25, -0.2) is 4.98 Å². The molecule has 3 rings (SSSR count). The molecule has 138 valence electrons. The molecule has 27 heavy (non-hydrogen) atoms. The Morgan fingerprint density at radius 1 is 1.48 bits per heavy atom. The first kappa shape index (κ1) is 18.5. The van der Waals surface area contributed by atoms with Crippen molar-refractivity contribution < 1.29 is 14.6 Å². The first-order valence-electron chi connectivity index (χ1n) is 8.00. The number of fused-ring (bicyclic) bond motifs is 1. The fourth-order valence-electron chi connectivity index (χ4n) is 2.47. The Labute approximate surface area is 159 Å². The van der Waals surface area contributed by atoms with Gasteiger partial charge < -0.3 is 25.0 Å². The van der Waals surface area contributed by atoms with Gasteiger partial charge in [0.05, 0.1) is 17.9 Å². The number of benzene rings is 1. The number of methoxy groups -OCH3 is 1. The maximum absolute atomic E-state index is 12.4. The van der Waals surface area contributed by atoms with Crippen molar-refractivity contribution in [1.82, 2.24) is 15.0 Å². The van der Waals surface area contributed by atoms with Crippen LogP contribution in [0.15, 0.2) is 29.6 Å². The van der Waals surface area contributed by atoms with Crippen LogP contribution in [0.25, 0.3) is 15.9 Å². The molecule has 0 spiro atoms. The van der Waals surface area contributed by atoms with Gasteiger partial charge >= 0.3 is 0 Å². The molecule has 8 nitrogen and oxygen atoms in total. The van der Waals surface area contributed by atoms with Crippen molar-refractivity contribution in [2.24, 2.45) is 0 Å². The summed E-state index contributed by atoms with van der Waals surface area (Å²) in [7, 11) is 1.46. The van der Waals surface area contributed by atoms with Crippen molar-refractivity contribution in [2.45, 2.75) is 24.3 Å². The quantitative estimate of drug-likeness (QED) is 0.459. The van der Waals surface area contributed by atoms with Crippen LogP contribution in [-0.4, -0.2) is 38.3 Å². The number of nitrogens with zero attached hydrogens (tertiary/aromatic N) is 3. The van der Waals surface area contributed by atoms with E-state index in [1.54, 1.807) is 32.2 Å². The van der Waals surface area contributed by atoms with Gasteiger partial charge in [-0.05, 0) is 26.0 Å². The van der Waals surface area contributed by atoms with Crippen LogP contribution in [-0.2, 0) is 4.79 Å². The highest BCUT2D eigenvalue weighted by molar-refractivity contribution is 8.00. The Balaban J connectivity index is 1.73. The highest BCUT2D eigenvalue weighted by atomic mass is 32.2. The average molecular weight is 383 g/mol. The van der Waals surface area contributed by atoms with Crippen LogP contribution in [0.3, 0.4) is 0 Å². The second-order valence-electron chi connectivity index (χ2n) is 5.76. The van der Waals surface area contributed by atoms with Crippen molar-refractivity contribution in [3.63, 3.8) is 0 Å². The van der Waals surface area contributed by atoms with Crippen LogP contribution >= 0.6 is 11.8 Å². The van der Waals surface area contributed by atoms with E-state index in [1.165, 1.54) is 24.9 Å². The molecule has 9 heteroatoms. The number of aryl methyl sites for hydroxylation is 1. The largest absolute Gasteiger partial charge is 0.504 e. The van der Waals surface area contributed by atoms with Gasteiger partial charge in [0.15, 0.2) is 16.7 Å². The number of hydrogen-bond acceptors (Lipinski definition) is 6. The van der Waals surface area contributed by atoms with E-state index in [0.29, 0.717) is 33.5 Å². The monoisotopic (exact) mass is 383 g/mol. The van der Waals surface area contributed by atoms with E-state index in [0.717, 1.165) is 5.52 Å². The van der Waals surface area contributed by atoms with Crippen LogP contribution in [0.1, 0.15) is 12.5 Å². The van der Waals surface area contributed by atoms with Crippen molar-refractivity contribution in [2.75, 3.05) is 12.4 Å². The normalized spacial score (nSPS) is 11.8. The molecule has 1 aromatic carbocycles. The molecule has 3 N–H and O–H groups in total. The van der Waals surface area contributed by atoms with E-state index in [2.05, 4.69) is 25.1 Å². The van der Waals surface area contributed by atoms with Crippen LogP contribution in [0.2, 0.25) is 0 Å². The fraction of sp³-hybridized carbons (Fsp3) is 0.222. The van der Waals surface area contributed by atoms with E-state index in [-0.39, 0.29) is 11.7 Å². The third kappa shape index (κ3) is 3.80. The molecule has 2 heterocycles. The Hall–Kier alpha value is -3.25. The molecule has 0 saturated heterocycles. The number of rotatable bonds is 5. The van der Waals surface area contributed by atoms with Gasteiger partial charge in [-0.15, -0.1) is 4.98 Å². The first-order chi connectivity index (χ1) is 12.9. The highest BCUT2D eigenvalue weighted by Gasteiger charge is 2.19. The number of hydrogen-bond donors (Lipinski definition) is 3. The van der Waals surface area contributed by atoms with Gasteiger partial charge in [-0.2, -0.15) is 0 Å². The number of aromatic amines is 1. The lowest BCUT2D eigenvalue weighted by Gasteiger charge is -2.11. The Morgan fingerprint density at radius 3 is 2.93 bits per heavy atom. The summed E-state index contributed by atoms with van der Waals surface area (Å²) in [6.07, 6.45) is 1.57. The van der Waals surface area contributed by atoms with Crippen LogP contribution < -0.4 is 10.1 Å². The first-order valence-corrected chi connectivity index (χ1v) is 8.88. The molecule has 1 amide bonds. The minimum Gasteiger partial charge on any atom is -0.504 e. The molecule has 0 aliphatic rings. The summed E-state index contributed by atoms with van der Waals surface area (Å²) < 4.78 is 4.98. The van der Waals surface area contributed by atoms with Crippen molar-refractivity contribution >= 4 is 40.2 Å². The summed E-state index contributed by atoms with van der Waals surface area (Å²) in [4.78, 5) is 27.5. The number of carbonyl (C=O) groups excluding carboxylic acids is 1. The number of phenolic OH excluding ortho intramolecular Hbond substituents is 1. The number of aromatic nitrogens is 3. The topological polar surface area (TPSA) is 104 Å². The van der Waals surface area contributed by atoms with Crippen molar-refractivity contribution in [1.29, 1.82) is 0 Å². The number of H-pyrrole nitrogens is 1. The maximum atomic E-state index is 12.4. The van der Waals surface area contributed by atoms with Crippen molar-refractivity contribution in [3.8, 4) is 11.5 Å². The minimum atomic E-state index is -0.441. The lowest BCUT2D eigenvalue weighted by molar-refractivity contribution is -0.115. The molecule has 3 aromatic rings. The number of phenols is 1. The number of imidazole rings is 1. The molecular formula is C18H17N5O3S. The van der Waals surface area contributed by atoms with E-state index in [9.17, 15) is 9.90 Å². The van der Waals surface area contributed by atoms with Gasteiger partial charge in [0.1, 0.15) is 11.7 Å². The minimum absolute atomic E-state index is 0.0496. The number of amides is 1. The van der Waals surface area contributed by atoms with Gasteiger partial charge in [0.2, 0.25) is 5.91 Å². The standard InChI is InChI=1S/C18H17N5O3S/c1-9-15-12(8-20-16(9)19-3)22-18(23-15)27-10(2)17(25)21-11-5-6-14(26-4)13(24)7-11/h5-8,10,24H,1-2,4H3,(H,21,25)(H,22,23). The summed E-state index contributed by atoms with van der Waals surface area (Å²) in [5.41, 5.74) is 2.56. The van der Waals surface area contributed by atoms with Gasteiger partial charge in [-0.1, -0.05) is 18.3 Å². The second-order valence-corrected chi connectivity index (χ2v) is 7.09. The predicted octanol–water partition coefficient (Wildman–Crippen LogP) is 3.65. The Bertz CT molecular complexity index is 1060. The van der Waals surface area contributed by atoms with E-state index >= 15 is 0 Å². The molecule has 0 aliphatic heterocycles. The molecule has 0 bridgehead atoms. The Kier molecular flexibility index (Phi) is 5.19. The summed E-state index contributed by atoms with van der Waals surface area (Å²) in [6, 6.07) is 4.65. The number of carbonyl (C=O) groups is 1. The number of thioether (sulfide) groups is 1. The lowest BCUT2D eigenvalue weighted by Crippen LogP contribution is -2.22. The zero-order chi connectivity index (χ0) is 19.6. The third-order valence-corrected chi connectivity index (χ3v) is 4.91. The van der Waals surface area contributed by atoms with Crippen molar-refractivity contribution in [3.05, 3.63) is 41.4 Å². The van der Waals surface area contributed by atoms with E-state index in [4.69, 9.17) is 11.3 Å². The number of ether oxygens (including phenoxy) is 1. The zero-order valence-corrected chi connectivity index (χ0v) is 15.7. The molecular weight excluding hydrogens is 366 g/mol. The number of nitrogens with one attached hydrogen (secondary N) is 2. The zero-order valence-electron chi connectivity index (χ0n) is 14.9.